The summed E-state index contributed by atoms with van der Waals surface area (Å²) in [7, 11) is 0. The Balaban J connectivity index is 2.11. The first-order valence-corrected chi connectivity index (χ1v) is 9.24. The molecule has 0 saturated carbocycles. The zero-order valence-electron chi connectivity index (χ0n) is 16.4. The molecule has 3 aromatic rings. The second kappa shape index (κ2) is 9.34. The van der Waals surface area contributed by atoms with E-state index in [1.54, 1.807) is 0 Å². The number of ketones is 1. The molecule has 32 heavy (non-hydrogen) atoms. The van der Waals surface area contributed by atoms with E-state index < -0.39 is 52.6 Å². The highest BCUT2D eigenvalue weighted by atomic mass is 19.2. The maximum absolute atomic E-state index is 14.1. The van der Waals surface area contributed by atoms with Gasteiger partial charge >= 0.3 is 5.97 Å². The van der Waals surface area contributed by atoms with Gasteiger partial charge in [-0.15, -0.1) is 0 Å². The normalized spacial score (nSPS) is 11.4. The van der Waals surface area contributed by atoms with Crippen molar-refractivity contribution in [2.75, 3.05) is 0 Å². The van der Waals surface area contributed by atoms with Crippen molar-refractivity contribution in [3.05, 3.63) is 111 Å². The molecule has 0 bridgehead atoms. The lowest BCUT2D eigenvalue weighted by molar-refractivity contribution is -0.146. The molecule has 164 valence electrons. The molecule has 0 fully saturated rings. The number of aliphatic hydroxyl groups excluding tert-OH is 1. The molecule has 0 unspecified atom stereocenters. The van der Waals surface area contributed by atoms with Gasteiger partial charge in [-0.3, -0.25) is 9.59 Å². The number of rotatable bonds is 7. The Hall–Kier alpha value is -4.14. The third kappa shape index (κ3) is 5.12. The number of aliphatic carboxylic acids is 1. The quantitative estimate of drug-likeness (QED) is 0.331. The fourth-order valence-corrected chi connectivity index (χ4v) is 3.05. The highest BCUT2D eigenvalue weighted by Gasteiger charge is 2.17. The van der Waals surface area contributed by atoms with Gasteiger partial charge in [0.05, 0.1) is 12.1 Å². The first-order valence-electron chi connectivity index (χ1n) is 9.24. The molecule has 1 aromatic heterocycles. The zero-order chi connectivity index (χ0) is 23.4. The SMILES string of the molecule is O=C(O)C(=O)/C=C(\O)c1cc(Cc2ccc(F)cc2)cn(Cc2cccc(F)c2F)c1=O. The van der Waals surface area contributed by atoms with Crippen LogP contribution < -0.4 is 5.56 Å². The van der Waals surface area contributed by atoms with Gasteiger partial charge in [0.2, 0.25) is 0 Å². The van der Waals surface area contributed by atoms with E-state index in [0.717, 1.165) is 10.6 Å². The van der Waals surface area contributed by atoms with Crippen LogP contribution in [-0.4, -0.2) is 26.5 Å². The predicted octanol–water partition coefficient (Wildman–Crippen LogP) is 3.46. The molecule has 0 saturated heterocycles. The Morgan fingerprint density at radius 1 is 0.969 bits per heavy atom. The number of carbonyl (C=O) groups excluding carboxylic acids is 1. The number of halogens is 3. The van der Waals surface area contributed by atoms with E-state index in [9.17, 15) is 32.7 Å². The van der Waals surface area contributed by atoms with Gasteiger partial charge in [-0.05, 0) is 41.8 Å². The van der Waals surface area contributed by atoms with Crippen LogP contribution in [0.3, 0.4) is 0 Å². The lowest BCUT2D eigenvalue weighted by Gasteiger charge is -2.13. The van der Waals surface area contributed by atoms with E-state index in [2.05, 4.69) is 0 Å². The van der Waals surface area contributed by atoms with E-state index in [0.29, 0.717) is 17.2 Å². The summed E-state index contributed by atoms with van der Waals surface area (Å²) >= 11 is 0. The Labute approximate surface area is 179 Å². The molecule has 9 heteroatoms. The van der Waals surface area contributed by atoms with Crippen molar-refractivity contribution in [1.82, 2.24) is 4.57 Å². The maximum atomic E-state index is 14.1. The number of aliphatic hydroxyl groups is 1. The molecule has 0 aliphatic carbocycles. The number of carbonyl (C=O) groups is 2. The third-order valence-corrected chi connectivity index (χ3v) is 4.59. The smallest absolute Gasteiger partial charge is 0.376 e. The summed E-state index contributed by atoms with van der Waals surface area (Å²) in [6.07, 6.45) is 1.90. The number of carboxylic acid groups (broad SMARTS) is 1. The van der Waals surface area contributed by atoms with Crippen molar-refractivity contribution in [3.8, 4) is 0 Å². The van der Waals surface area contributed by atoms with E-state index in [-0.39, 0.29) is 12.0 Å². The topological polar surface area (TPSA) is 96.6 Å². The van der Waals surface area contributed by atoms with Gasteiger partial charge in [0, 0.05) is 17.8 Å². The minimum atomic E-state index is -1.83. The minimum absolute atomic E-state index is 0.137. The molecular weight excluding hydrogens is 427 g/mol. The summed E-state index contributed by atoms with van der Waals surface area (Å²) < 4.78 is 41.9. The molecular formula is C23H16F3NO5. The summed E-state index contributed by atoms with van der Waals surface area (Å²) in [5.41, 5.74) is -0.350. The number of hydrogen-bond acceptors (Lipinski definition) is 4. The van der Waals surface area contributed by atoms with Gasteiger partial charge in [-0.25, -0.2) is 18.0 Å². The molecule has 0 aliphatic heterocycles. The lowest BCUT2D eigenvalue weighted by atomic mass is 10.0. The summed E-state index contributed by atoms with van der Waals surface area (Å²) in [6.45, 7) is -0.396. The van der Waals surface area contributed by atoms with E-state index in [1.807, 2.05) is 0 Å². The van der Waals surface area contributed by atoms with Crippen molar-refractivity contribution in [2.24, 2.45) is 0 Å². The molecule has 0 radical (unpaired) electrons. The maximum Gasteiger partial charge on any atom is 0.376 e. The van der Waals surface area contributed by atoms with E-state index in [1.165, 1.54) is 48.7 Å². The van der Waals surface area contributed by atoms with Crippen LogP contribution >= 0.6 is 0 Å². The van der Waals surface area contributed by atoms with E-state index >= 15 is 0 Å². The molecule has 3 rings (SSSR count). The lowest BCUT2D eigenvalue weighted by Crippen LogP contribution is -2.25. The van der Waals surface area contributed by atoms with Gasteiger partial charge in [0.15, 0.2) is 11.6 Å². The van der Waals surface area contributed by atoms with Crippen LogP contribution in [0.2, 0.25) is 0 Å². The summed E-state index contributed by atoms with van der Waals surface area (Å²) in [5, 5.41) is 18.9. The van der Waals surface area contributed by atoms with Gasteiger partial charge < -0.3 is 14.8 Å². The van der Waals surface area contributed by atoms with Crippen LogP contribution in [-0.2, 0) is 22.6 Å². The predicted molar refractivity (Wildman–Crippen MR) is 109 cm³/mol. The van der Waals surface area contributed by atoms with Crippen LogP contribution in [0.5, 0.6) is 0 Å². The van der Waals surface area contributed by atoms with Crippen LogP contribution in [0.25, 0.3) is 5.76 Å². The highest BCUT2D eigenvalue weighted by Crippen LogP contribution is 2.17. The number of carboxylic acids is 1. The second-order valence-corrected chi connectivity index (χ2v) is 6.91. The van der Waals surface area contributed by atoms with Gasteiger partial charge in [0.25, 0.3) is 11.3 Å². The number of hydrogen-bond donors (Lipinski definition) is 2. The molecule has 2 aromatic carbocycles. The molecule has 0 spiro atoms. The number of pyridine rings is 1. The van der Waals surface area contributed by atoms with Crippen LogP contribution in [0.1, 0.15) is 22.3 Å². The molecule has 0 amide bonds. The number of nitrogens with zero attached hydrogens (tertiary/aromatic N) is 1. The van der Waals surface area contributed by atoms with Gasteiger partial charge in [-0.1, -0.05) is 24.3 Å². The third-order valence-electron chi connectivity index (χ3n) is 4.59. The summed E-state index contributed by atoms with van der Waals surface area (Å²) in [4.78, 5) is 35.0. The van der Waals surface area contributed by atoms with Crippen molar-refractivity contribution in [2.45, 2.75) is 13.0 Å². The monoisotopic (exact) mass is 443 g/mol. The van der Waals surface area contributed by atoms with Crippen LogP contribution in [0, 0.1) is 17.5 Å². The Kier molecular flexibility index (Phi) is 6.58. The first-order chi connectivity index (χ1) is 15.2. The van der Waals surface area contributed by atoms with Crippen LogP contribution in [0.15, 0.2) is 65.6 Å². The summed E-state index contributed by atoms with van der Waals surface area (Å²) in [5.74, 6) is -6.88. The number of benzene rings is 2. The molecule has 1 heterocycles. The van der Waals surface area contributed by atoms with Crippen molar-refractivity contribution >= 4 is 17.5 Å². The Morgan fingerprint density at radius 3 is 2.31 bits per heavy atom. The largest absolute Gasteiger partial charge is 0.507 e. The van der Waals surface area contributed by atoms with Crippen molar-refractivity contribution in [1.29, 1.82) is 0 Å². The first kappa shape index (κ1) is 22.5. The Bertz CT molecular complexity index is 1280. The van der Waals surface area contributed by atoms with Crippen LogP contribution in [0.4, 0.5) is 13.2 Å². The molecule has 0 aliphatic rings. The molecule has 2 N–H and O–H groups in total. The molecule has 6 nitrogen and oxygen atoms in total. The van der Waals surface area contributed by atoms with Crippen molar-refractivity contribution in [3.63, 3.8) is 0 Å². The fourth-order valence-electron chi connectivity index (χ4n) is 3.05. The number of aromatic nitrogens is 1. The standard InChI is InChI=1S/C23H16F3NO5/c24-16-6-4-13(5-7-16)8-14-9-17(19(28)10-20(29)23(31)32)22(30)27(11-14)12-15-2-1-3-18(25)21(15)26/h1-7,9-11,28H,8,12H2,(H,31,32)/b19-10-. The Morgan fingerprint density at radius 2 is 1.66 bits per heavy atom. The molecule has 0 atom stereocenters. The minimum Gasteiger partial charge on any atom is -0.507 e. The fraction of sp³-hybridized carbons (Fsp3) is 0.0870. The van der Waals surface area contributed by atoms with E-state index in [4.69, 9.17) is 5.11 Å². The average molecular weight is 443 g/mol. The van der Waals surface area contributed by atoms with Gasteiger partial charge in [0.1, 0.15) is 11.6 Å². The highest BCUT2D eigenvalue weighted by molar-refractivity contribution is 6.38. The second-order valence-electron chi connectivity index (χ2n) is 6.91. The van der Waals surface area contributed by atoms with Crippen molar-refractivity contribution < 1.29 is 33.0 Å². The zero-order valence-corrected chi connectivity index (χ0v) is 16.4. The average Bonchev–Trinajstić information content (AvgIpc) is 2.74. The van der Waals surface area contributed by atoms with Gasteiger partial charge in [-0.2, -0.15) is 0 Å². The summed E-state index contributed by atoms with van der Waals surface area (Å²) in [6, 6.07) is 10.2.